The van der Waals surface area contributed by atoms with Crippen molar-refractivity contribution < 1.29 is 27.5 Å². The third-order valence-electron chi connectivity index (χ3n) is 3.67. The lowest BCUT2D eigenvalue weighted by Gasteiger charge is -2.31. The van der Waals surface area contributed by atoms with Crippen molar-refractivity contribution in [3.8, 4) is 5.88 Å². The van der Waals surface area contributed by atoms with E-state index in [1.807, 2.05) is 0 Å². The Hall–Kier alpha value is -3.11. The van der Waals surface area contributed by atoms with E-state index in [-0.39, 0.29) is 24.8 Å². The average molecular weight is 399 g/mol. The summed E-state index contributed by atoms with van der Waals surface area (Å²) < 4.78 is 41.4. The summed E-state index contributed by atoms with van der Waals surface area (Å²) >= 11 is 0. The molecule has 0 bridgehead atoms. The predicted octanol–water partition coefficient (Wildman–Crippen LogP) is 1.32. The highest BCUT2D eigenvalue weighted by atomic mass is 19.4. The van der Waals surface area contributed by atoms with E-state index in [9.17, 15) is 22.8 Å². The van der Waals surface area contributed by atoms with E-state index < -0.39 is 24.4 Å². The SMILES string of the molecule is CCC(=O)NC1(C(=O)NCc2cnc(OCC(F)(F)F)c(C)c2)C=NC=CN1. The number of rotatable bonds is 7. The lowest BCUT2D eigenvalue weighted by atomic mass is 10.1. The molecule has 1 aliphatic rings. The van der Waals surface area contributed by atoms with Crippen LogP contribution in [0.4, 0.5) is 13.2 Å². The highest BCUT2D eigenvalue weighted by molar-refractivity contribution is 6.06. The van der Waals surface area contributed by atoms with Crippen molar-refractivity contribution in [2.75, 3.05) is 6.61 Å². The first kappa shape index (κ1) is 21.2. The van der Waals surface area contributed by atoms with Crippen LogP contribution in [0.1, 0.15) is 24.5 Å². The number of nitrogens with zero attached hydrogens (tertiary/aromatic N) is 2. The summed E-state index contributed by atoms with van der Waals surface area (Å²) in [5, 5.41) is 7.97. The van der Waals surface area contributed by atoms with Crippen LogP contribution in [0.15, 0.2) is 29.7 Å². The standard InChI is InChI=1S/C17H20F3N5O3/c1-3-13(26)25-16(9-21-4-5-24-16)15(27)23-8-12-6-11(2)14(22-7-12)28-10-17(18,19)20/h4-7,9,24H,3,8,10H2,1-2H3,(H,23,27)(H,25,26). The van der Waals surface area contributed by atoms with Gasteiger partial charge in [0, 0.05) is 37.1 Å². The van der Waals surface area contributed by atoms with Gasteiger partial charge in [-0.2, -0.15) is 13.2 Å². The molecule has 28 heavy (non-hydrogen) atoms. The van der Waals surface area contributed by atoms with Gasteiger partial charge in [-0.15, -0.1) is 0 Å². The van der Waals surface area contributed by atoms with Gasteiger partial charge < -0.3 is 20.7 Å². The summed E-state index contributed by atoms with van der Waals surface area (Å²) in [5.41, 5.74) is -0.587. The van der Waals surface area contributed by atoms with E-state index in [1.54, 1.807) is 19.9 Å². The van der Waals surface area contributed by atoms with Gasteiger partial charge in [0.05, 0.1) is 6.21 Å². The first-order valence-electron chi connectivity index (χ1n) is 8.36. The fraction of sp³-hybridized carbons (Fsp3) is 0.412. The van der Waals surface area contributed by atoms with Gasteiger partial charge in [-0.1, -0.05) is 6.92 Å². The molecule has 0 radical (unpaired) electrons. The van der Waals surface area contributed by atoms with Gasteiger partial charge in [0.2, 0.25) is 17.5 Å². The second-order valence-corrected chi connectivity index (χ2v) is 6.00. The highest BCUT2D eigenvalue weighted by Gasteiger charge is 2.38. The number of aryl methyl sites for hydroxylation is 1. The van der Waals surface area contributed by atoms with Crippen molar-refractivity contribution in [2.24, 2.45) is 4.99 Å². The maximum Gasteiger partial charge on any atom is 0.422 e. The second kappa shape index (κ2) is 8.72. The molecule has 8 nitrogen and oxygen atoms in total. The predicted molar refractivity (Wildman–Crippen MR) is 94.3 cm³/mol. The molecule has 1 atom stereocenters. The number of pyridine rings is 1. The lowest BCUT2D eigenvalue weighted by Crippen LogP contribution is -2.67. The minimum Gasteiger partial charge on any atom is -0.468 e. The van der Waals surface area contributed by atoms with Crippen molar-refractivity contribution in [2.45, 2.75) is 38.7 Å². The summed E-state index contributed by atoms with van der Waals surface area (Å²) in [6.45, 7) is 1.80. The number of halogens is 3. The number of aliphatic imine (C=N–C) groups is 1. The number of aromatic nitrogens is 1. The van der Waals surface area contributed by atoms with Crippen LogP contribution in [-0.4, -0.2) is 41.5 Å². The molecule has 152 valence electrons. The summed E-state index contributed by atoms with van der Waals surface area (Å²) in [6.07, 6.45) is 1.15. The van der Waals surface area contributed by atoms with Crippen LogP contribution in [-0.2, 0) is 16.1 Å². The molecule has 0 fully saturated rings. The van der Waals surface area contributed by atoms with E-state index in [0.29, 0.717) is 11.1 Å². The number of carbonyl (C=O) groups is 2. The summed E-state index contributed by atoms with van der Waals surface area (Å²) in [4.78, 5) is 32.1. The zero-order chi connectivity index (χ0) is 20.8. The third-order valence-corrected chi connectivity index (χ3v) is 3.67. The Morgan fingerprint density at radius 3 is 2.68 bits per heavy atom. The van der Waals surface area contributed by atoms with Crippen molar-refractivity contribution >= 4 is 18.0 Å². The minimum absolute atomic E-state index is 0.0369. The molecule has 11 heteroatoms. The minimum atomic E-state index is -4.46. The Morgan fingerprint density at radius 2 is 2.11 bits per heavy atom. The monoisotopic (exact) mass is 399 g/mol. The molecule has 0 aliphatic carbocycles. The fourth-order valence-electron chi connectivity index (χ4n) is 2.30. The maximum atomic E-state index is 12.6. The van der Waals surface area contributed by atoms with E-state index in [4.69, 9.17) is 0 Å². The smallest absolute Gasteiger partial charge is 0.422 e. The highest BCUT2D eigenvalue weighted by Crippen LogP contribution is 2.20. The topological polar surface area (TPSA) is 105 Å². The molecule has 3 N–H and O–H groups in total. The fourth-order valence-corrected chi connectivity index (χ4v) is 2.30. The molecule has 0 saturated heterocycles. The van der Waals surface area contributed by atoms with E-state index in [2.05, 4.69) is 30.7 Å². The average Bonchev–Trinajstić information content (AvgIpc) is 2.65. The van der Waals surface area contributed by atoms with Gasteiger partial charge in [-0.05, 0) is 18.6 Å². The first-order chi connectivity index (χ1) is 13.1. The normalized spacial score (nSPS) is 18.3. The molecular formula is C17H20F3N5O3. The summed E-state index contributed by atoms with van der Waals surface area (Å²) in [7, 11) is 0. The number of nitrogens with one attached hydrogen (secondary N) is 3. The van der Waals surface area contributed by atoms with E-state index in [1.165, 1.54) is 24.8 Å². The summed E-state index contributed by atoms with van der Waals surface area (Å²) in [6, 6.07) is 1.55. The number of hydrogen-bond donors (Lipinski definition) is 3. The Kier molecular flexibility index (Phi) is 6.60. The van der Waals surface area contributed by atoms with Crippen LogP contribution in [0.25, 0.3) is 0 Å². The zero-order valence-corrected chi connectivity index (χ0v) is 15.3. The molecule has 0 aromatic carbocycles. The largest absolute Gasteiger partial charge is 0.468 e. The lowest BCUT2D eigenvalue weighted by molar-refractivity contribution is -0.154. The van der Waals surface area contributed by atoms with Crippen LogP contribution in [0.2, 0.25) is 0 Å². The van der Waals surface area contributed by atoms with Gasteiger partial charge in [-0.25, -0.2) is 4.98 Å². The number of hydrogen-bond acceptors (Lipinski definition) is 6. The molecule has 2 rings (SSSR count). The molecule has 1 aromatic heterocycles. The van der Waals surface area contributed by atoms with Crippen LogP contribution in [0, 0.1) is 6.92 Å². The molecule has 2 amide bonds. The Bertz CT molecular complexity index is 795. The summed E-state index contributed by atoms with van der Waals surface area (Å²) in [5.74, 6) is -1.05. The number of carbonyl (C=O) groups excluding carboxylic acids is 2. The molecule has 1 aromatic rings. The molecular weight excluding hydrogens is 379 g/mol. The number of amides is 2. The van der Waals surface area contributed by atoms with E-state index >= 15 is 0 Å². The van der Waals surface area contributed by atoms with Gasteiger partial charge in [0.15, 0.2) is 6.61 Å². The van der Waals surface area contributed by atoms with Crippen molar-refractivity contribution in [3.05, 3.63) is 35.8 Å². The molecule has 0 spiro atoms. The van der Waals surface area contributed by atoms with Gasteiger partial charge in [0.25, 0.3) is 5.91 Å². The maximum absolute atomic E-state index is 12.6. The van der Waals surface area contributed by atoms with Crippen LogP contribution >= 0.6 is 0 Å². The van der Waals surface area contributed by atoms with Crippen LogP contribution in [0.3, 0.4) is 0 Å². The Morgan fingerprint density at radius 1 is 1.36 bits per heavy atom. The molecule has 0 saturated carbocycles. The zero-order valence-electron chi connectivity index (χ0n) is 15.3. The van der Waals surface area contributed by atoms with Crippen molar-refractivity contribution in [3.63, 3.8) is 0 Å². The van der Waals surface area contributed by atoms with E-state index in [0.717, 1.165) is 0 Å². The molecule has 1 unspecified atom stereocenters. The van der Waals surface area contributed by atoms with Crippen LogP contribution in [0.5, 0.6) is 5.88 Å². The third kappa shape index (κ3) is 5.69. The van der Waals surface area contributed by atoms with Gasteiger partial charge >= 0.3 is 6.18 Å². The first-order valence-corrected chi connectivity index (χ1v) is 8.36. The van der Waals surface area contributed by atoms with Crippen LogP contribution < -0.4 is 20.7 Å². The quantitative estimate of drug-likeness (QED) is 0.641. The Labute approximate surface area is 159 Å². The van der Waals surface area contributed by atoms with Gasteiger partial charge in [0.1, 0.15) is 0 Å². The second-order valence-electron chi connectivity index (χ2n) is 6.00. The van der Waals surface area contributed by atoms with Crippen molar-refractivity contribution in [1.82, 2.24) is 20.9 Å². The van der Waals surface area contributed by atoms with Crippen molar-refractivity contribution in [1.29, 1.82) is 0 Å². The molecule has 1 aliphatic heterocycles. The number of ether oxygens (including phenoxy) is 1. The van der Waals surface area contributed by atoms with Gasteiger partial charge in [-0.3, -0.25) is 14.6 Å². The number of alkyl halides is 3. The Balaban J connectivity index is 2.02. The molecule has 2 heterocycles.